The van der Waals surface area contributed by atoms with Gasteiger partial charge in [0.05, 0.1) is 50.1 Å². The van der Waals surface area contributed by atoms with E-state index in [0.29, 0.717) is 59.0 Å². The maximum absolute atomic E-state index is 13.9. The van der Waals surface area contributed by atoms with Gasteiger partial charge in [-0.1, -0.05) is 26.3 Å². The first kappa shape index (κ1) is 32.4. The van der Waals surface area contributed by atoms with Crippen molar-refractivity contribution in [2.45, 2.75) is 66.0 Å². The lowest BCUT2D eigenvalue weighted by Gasteiger charge is -2.24. The summed E-state index contributed by atoms with van der Waals surface area (Å²) in [7, 11) is 6.50. The molecule has 0 aliphatic heterocycles. The van der Waals surface area contributed by atoms with E-state index in [2.05, 4.69) is 21.0 Å². The van der Waals surface area contributed by atoms with Gasteiger partial charge in [-0.15, -0.1) is 0 Å². The summed E-state index contributed by atoms with van der Waals surface area (Å²) in [4.78, 5) is 39.8. The lowest BCUT2D eigenvalue weighted by Crippen LogP contribution is -2.40. The van der Waals surface area contributed by atoms with E-state index in [-0.39, 0.29) is 28.8 Å². The summed E-state index contributed by atoms with van der Waals surface area (Å²) in [6.07, 6.45) is 1.85. The van der Waals surface area contributed by atoms with Gasteiger partial charge >= 0.3 is 0 Å². The number of hydrogen-bond acceptors (Lipinski definition) is 8. The zero-order valence-electron chi connectivity index (χ0n) is 27.0. The Hall–Kier alpha value is -4.54. The highest BCUT2D eigenvalue weighted by Crippen LogP contribution is 2.50. The standard InChI is InChI=1S/C33H43N5O6/c1-10-17(2)29(33(41)36-30-18(3)37-38(6)19(30)4)35-25-14-12-22-23(16-26(25)40)24(34-20(5)39)13-11-21-15-27(42-7)31(43-8)32(44-9)28(21)22/h12,14-17,24,29H,10-11,13H2,1-9H3,(H,34,39)(H,35,40)(H,36,41)/t17-,24+,29+/m1/s1. The number of methoxy groups -OCH3 is 3. The topological polar surface area (TPSA) is 133 Å². The molecule has 11 heteroatoms. The van der Waals surface area contributed by atoms with Crippen LogP contribution in [0.1, 0.15) is 62.2 Å². The minimum absolute atomic E-state index is 0.0975. The van der Waals surface area contributed by atoms with E-state index in [0.717, 1.165) is 16.8 Å². The van der Waals surface area contributed by atoms with Crippen molar-refractivity contribution in [3.63, 3.8) is 0 Å². The van der Waals surface area contributed by atoms with Gasteiger partial charge in [0, 0.05) is 19.5 Å². The molecule has 1 aliphatic rings. The molecule has 2 amide bonds. The van der Waals surface area contributed by atoms with Crippen molar-refractivity contribution in [3.8, 4) is 28.4 Å². The third kappa shape index (κ3) is 6.22. The summed E-state index contributed by atoms with van der Waals surface area (Å²) in [5.74, 6) is 0.862. The van der Waals surface area contributed by atoms with Crippen LogP contribution in [0.15, 0.2) is 29.1 Å². The maximum atomic E-state index is 13.9. The third-order valence-electron chi connectivity index (χ3n) is 8.48. The summed E-state index contributed by atoms with van der Waals surface area (Å²) >= 11 is 0. The normalized spacial score (nSPS) is 15.2. The fourth-order valence-corrected chi connectivity index (χ4v) is 5.85. The monoisotopic (exact) mass is 605 g/mol. The number of nitrogens with zero attached hydrogens (tertiary/aromatic N) is 2. The molecular formula is C33H43N5O6. The molecule has 0 unspecified atom stereocenters. The first-order valence-electron chi connectivity index (χ1n) is 14.8. The first-order chi connectivity index (χ1) is 20.9. The molecule has 0 saturated heterocycles. The highest BCUT2D eigenvalue weighted by atomic mass is 16.5. The Morgan fingerprint density at radius 1 is 1.09 bits per heavy atom. The molecule has 1 heterocycles. The zero-order chi connectivity index (χ0) is 32.3. The van der Waals surface area contributed by atoms with Crippen LogP contribution in [-0.4, -0.2) is 49.0 Å². The molecule has 11 nitrogen and oxygen atoms in total. The Morgan fingerprint density at radius 2 is 1.80 bits per heavy atom. The van der Waals surface area contributed by atoms with Crippen LogP contribution in [-0.2, 0) is 23.1 Å². The quantitative estimate of drug-likeness (QED) is 0.304. The average molecular weight is 606 g/mol. The van der Waals surface area contributed by atoms with E-state index < -0.39 is 12.1 Å². The number of rotatable bonds is 10. The Balaban J connectivity index is 1.87. The molecule has 3 atom stereocenters. The minimum atomic E-state index is -0.703. The largest absolute Gasteiger partial charge is 0.493 e. The predicted octanol–water partition coefficient (Wildman–Crippen LogP) is 4.68. The fraction of sp³-hybridized carbons (Fsp3) is 0.455. The molecule has 3 N–H and O–H groups in total. The van der Waals surface area contributed by atoms with Gasteiger partial charge in [0.1, 0.15) is 6.04 Å². The lowest BCUT2D eigenvalue weighted by molar-refractivity contribution is -0.120. The molecule has 1 aliphatic carbocycles. The highest BCUT2D eigenvalue weighted by Gasteiger charge is 2.31. The van der Waals surface area contributed by atoms with Crippen LogP contribution in [0.3, 0.4) is 0 Å². The summed E-state index contributed by atoms with van der Waals surface area (Å²) in [6.45, 7) is 9.16. The van der Waals surface area contributed by atoms with Gasteiger partial charge in [0.15, 0.2) is 11.5 Å². The molecule has 0 saturated carbocycles. The van der Waals surface area contributed by atoms with Crippen LogP contribution in [0.4, 0.5) is 11.4 Å². The van der Waals surface area contributed by atoms with E-state index in [4.69, 9.17) is 14.2 Å². The van der Waals surface area contributed by atoms with Crippen LogP contribution in [0.5, 0.6) is 17.2 Å². The molecule has 4 rings (SSSR count). The molecule has 0 radical (unpaired) electrons. The maximum Gasteiger partial charge on any atom is 0.247 e. The average Bonchev–Trinajstić information content (AvgIpc) is 3.11. The Labute approximate surface area is 258 Å². The van der Waals surface area contributed by atoms with E-state index >= 15 is 0 Å². The van der Waals surface area contributed by atoms with E-state index in [1.54, 1.807) is 38.1 Å². The molecule has 0 bridgehead atoms. The van der Waals surface area contributed by atoms with Crippen LogP contribution in [0, 0.1) is 19.8 Å². The molecular weight excluding hydrogens is 562 g/mol. The van der Waals surface area contributed by atoms with E-state index in [1.165, 1.54) is 6.92 Å². The number of aryl methyl sites for hydroxylation is 3. The van der Waals surface area contributed by atoms with Crippen molar-refractivity contribution < 1.29 is 23.8 Å². The number of ether oxygens (including phenoxy) is 3. The van der Waals surface area contributed by atoms with Gasteiger partial charge in [-0.05, 0) is 67.5 Å². The predicted molar refractivity (Wildman–Crippen MR) is 171 cm³/mol. The summed E-state index contributed by atoms with van der Waals surface area (Å²) < 4.78 is 18.9. The number of anilines is 2. The summed E-state index contributed by atoms with van der Waals surface area (Å²) in [5.41, 5.74) is 5.21. The third-order valence-corrected chi connectivity index (χ3v) is 8.48. The van der Waals surface area contributed by atoms with Gasteiger partial charge in [-0.2, -0.15) is 5.10 Å². The molecule has 236 valence electrons. The van der Waals surface area contributed by atoms with Gasteiger partial charge in [0.25, 0.3) is 0 Å². The van der Waals surface area contributed by atoms with Crippen LogP contribution < -0.4 is 35.6 Å². The molecule has 1 aromatic heterocycles. The van der Waals surface area contributed by atoms with Crippen LogP contribution in [0.25, 0.3) is 11.1 Å². The molecule has 2 aromatic carbocycles. The van der Waals surface area contributed by atoms with E-state index in [9.17, 15) is 14.4 Å². The second-order valence-electron chi connectivity index (χ2n) is 11.3. The smallest absolute Gasteiger partial charge is 0.247 e. The van der Waals surface area contributed by atoms with Crippen molar-refractivity contribution in [3.05, 3.63) is 57.0 Å². The molecule has 3 aromatic rings. The first-order valence-corrected chi connectivity index (χ1v) is 14.8. The number of benzene rings is 1. The van der Waals surface area contributed by atoms with Crippen LogP contribution >= 0.6 is 0 Å². The molecule has 0 fully saturated rings. The highest BCUT2D eigenvalue weighted by molar-refractivity contribution is 5.97. The Bertz CT molecular complexity index is 1630. The Morgan fingerprint density at radius 3 is 2.36 bits per heavy atom. The van der Waals surface area contributed by atoms with Gasteiger partial charge in [-0.25, -0.2) is 0 Å². The van der Waals surface area contributed by atoms with Gasteiger partial charge in [0.2, 0.25) is 23.0 Å². The van der Waals surface area contributed by atoms with Crippen molar-refractivity contribution in [1.29, 1.82) is 0 Å². The number of carbonyl (C=O) groups is 2. The van der Waals surface area contributed by atoms with Crippen molar-refractivity contribution in [2.75, 3.05) is 32.0 Å². The van der Waals surface area contributed by atoms with Crippen molar-refractivity contribution in [2.24, 2.45) is 13.0 Å². The van der Waals surface area contributed by atoms with Crippen LogP contribution in [0.2, 0.25) is 0 Å². The summed E-state index contributed by atoms with van der Waals surface area (Å²) in [6, 6.07) is 5.85. The summed E-state index contributed by atoms with van der Waals surface area (Å²) in [5, 5.41) is 13.7. The number of amides is 2. The molecule has 0 spiro atoms. The SMILES string of the molecule is CC[C@@H](C)[C@H](Nc1ccc2c(cc1=O)[C@@H](NC(C)=O)CCc1cc(OC)c(OC)c(OC)c1-2)C(=O)Nc1c(C)nn(C)c1C. The number of nitrogens with one attached hydrogen (secondary N) is 3. The number of aromatic nitrogens is 2. The number of hydrogen-bond donors (Lipinski definition) is 3. The van der Waals surface area contributed by atoms with Crippen molar-refractivity contribution >= 4 is 23.2 Å². The van der Waals surface area contributed by atoms with Gasteiger partial charge < -0.3 is 30.2 Å². The van der Waals surface area contributed by atoms with Gasteiger partial charge in [-0.3, -0.25) is 19.1 Å². The zero-order valence-corrected chi connectivity index (χ0v) is 27.0. The number of carbonyl (C=O) groups excluding carboxylic acids is 2. The second kappa shape index (κ2) is 13.4. The second-order valence-corrected chi connectivity index (χ2v) is 11.3. The molecule has 44 heavy (non-hydrogen) atoms. The number of fused-ring (bicyclic) bond motifs is 3. The minimum Gasteiger partial charge on any atom is -0.493 e. The Kier molecular flexibility index (Phi) is 9.86. The van der Waals surface area contributed by atoms with Crippen molar-refractivity contribution in [1.82, 2.24) is 15.1 Å². The van der Waals surface area contributed by atoms with E-state index in [1.807, 2.05) is 46.9 Å². The fourth-order valence-electron chi connectivity index (χ4n) is 5.85. The lowest BCUT2D eigenvalue weighted by atomic mass is 9.95.